The van der Waals surface area contributed by atoms with Crippen molar-refractivity contribution in [1.82, 2.24) is 29.8 Å². The minimum atomic E-state index is -3.08. The van der Waals surface area contributed by atoms with E-state index in [1.54, 1.807) is 12.1 Å². The molecule has 0 aromatic carbocycles. The Hall–Kier alpha value is -2.68. The molecule has 7 nitrogen and oxygen atoms in total. The third kappa shape index (κ3) is 3.16. The van der Waals surface area contributed by atoms with Gasteiger partial charge in [-0.2, -0.15) is 13.9 Å². The fourth-order valence-corrected chi connectivity index (χ4v) is 2.26. The number of rotatable bonds is 5. The van der Waals surface area contributed by atoms with E-state index in [2.05, 4.69) is 20.4 Å². The maximum Gasteiger partial charge on any atom is 0.290 e. The molecular formula is C14H11ClF2N6O. The number of carbonyl (C=O) groups is 1. The molecule has 0 saturated heterocycles. The minimum absolute atomic E-state index is 0.0708. The van der Waals surface area contributed by atoms with Crippen LogP contribution in [0.2, 0.25) is 5.02 Å². The standard InChI is InChI=1S/C14H11ClF2N6O/c1-14(16,17)12-7-22(21-19-12)6-9-5-10(8-24)23(20-9)13-11(15)3-2-4-18-13/h2-5,7-8H,6H2,1H3. The Bertz CT molecular complexity index is 886. The first-order valence-corrected chi connectivity index (χ1v) is 7.19. The molecule has 0 unspecified atom stereocenters. The Morgan fingerprint density at radius 3 is 2.83 bits per heavy atom. The van der Waals surface area contributed by atoms with Crippen molar-refractivity contribution in [3.05, 3.63) is 52.7 Å². The lowest BCUT2D eigenvalue weighted by atomic mass is 10.3. The number of aldehydes is 1. The molecule has 10 heteroatoms. The van der Waals surface area contributed by atoms with Crippen LogP contribution in [0.4, 0.5) is 8.78 Å². The first-order chi connectivity index (χ1) is 11.4. The van der Waals surface area contributed by atoms with Gasteiger partial charge < -0.3 is 0 Å². The molecule has 0 radical (unpaired) electrons. The van der Waals surface area contributed by atoms with Crippen molar-refractivity contribution in [1.29, 1.82) is 0 Å². The Kier molecular flexibility index (Phi) is 4.10. The highest BCUT2D eigenvalue weighted by Gasteiger charge is 2.28. The Morgan fingerprint density at radius 1 is 1.42 bits per heavy atom. The molecule has 0 spiro atoms. The van der Waals surface area contributed by atoms with Gasteiger partial charge in [0.05, 0.1) is 23.5 Å². The third-order valence-electron chi connectivity index (χ3n) is 3.16. The van der Waals surface area contributed by atoms with E-state index in [1.165, 1.54) is 21.6 Å². The molecule has 0 aliphatic rings. The highest BCUT2D eigenvalue weighted by molar-refractivity contribution is 6.32. The maximum absolute atomic E-state index is 13.2. The summed E-state index contributed by atoms with van der Waals surface area (Å²) in [5, 5.41) is 11.6. The van der Waals surface area contributed by atoms with Crippen LogP contribution >= 0.6 is 11.6 Å². The van der Waals surface area contributed by atoms with Gasteiger partial charge in [0.2, 0.25) is 0 Å². The number of hydrogen-bond acceptors (Lipinski definition) is 5. The normalized spacial score (nSPS) is 11.7. The Balaban J connectivity index is 1.92. The molecule has 0 bridgehead atoms. The van der Waals surface area contributed by atoms with E-state index < -0.39 is 11.6 Å². The first-order valence-electron chi connectivity index (χ1n) is 6.82. The van der Waals surface area contributed by atoms with Gasteiger partial charge in [-0.3, -0.25) is 4.79 Å². The highest BCUT2D eigenvalue weighted by atomic mass is 35.5. The summed E-state index contributed by atoms with van der Waals surface area (Å²) in [5.74, 6) is -2.78. The van der Waals surface area contributed by atoms with Gasteiger partial charge in [0.15, 0.2) is 17.8 Å². The van der Waals surface area contributed by atoms with E-state index in [9.17, 15) is 13.6 Å². The predicted octanol–water partition coefficient (Wildman–Crippen LogP) is 2.48. The summed E-state index contributed by atoms with van der Waals surface area (Å²) < 4.78 is 28.9. The minimum Gasteiger partial charge on any atom is -0.296 e. The van der Waals surface area contributed by atoms with E-state index >= 15 is 0 Å². The number of alkyl halides is 2. The van der Waals surface area contributed by atoms with Crippen LogP contribution in [-0.2, 0) is 12.5 Å². The summed E-state index contributed by atoms with van der Waals surface area (Å²) in [7, 11) is 0. The van der Waals surface area contributed by atoms with Crippen molar-refractivity contribution in [2.75, 3.05) is 0 Å². The highest BCUT2D eigenvalue weighted by Crippen LogP contribution is 2.24. The SMILES string of the molecule is CC(F)(F)c1cn(Cc2cc(C=O)n(-c3ncccc3Cl)n2)nn1. The second kappa shape index (κ2) is 6.08. The average molecular weight is 353 g/mol. The fourth-order valence-electron chi connectivity index (χ4n) is 2.05. The van der Waals surface area contributed by atoms with E-state index in [0.29, 0.717) is 22.8 Å². The summed E-state index contributed by atoms with van der Waals surface area (Å²) in [5.41, 5.74) is 0.215. The van der Waals surface area contributed by atoms with Crippen molar-refractivity contribution in [3.8, 4) is 5.82 Å². The molecule has 3 aromatic rings. The van der Waals surface area contributed by atoms with Crippen LogP contribution in [0.25, 0.3) is 5.82 Å². The van der Waals surface area contributed by atoms with Crippen LogP contribution in [0, 0.1) is 0 Å². The second-order valence-corrected chi connectivity index (χ2v) is 5.50. The second-order valence-electron chi connectivity index (χ2n) is 5.09. The lowest BCUT2D eigenvalue weighted by Gasteiger charge is -2.04. The van der Waals surface area contributed by atoms with Gasteiger partial charge in [-0.25, -0.2) is 14.3 Å². The Labute approximate surface area is 139 Å². The van der Waals surface area contributed by atoms with Crippen LogP contribution in [0.5, 0.6) is 0 Å². The molecule has 0 atom stereocenters. The fraction of sp³-hybridized carbons (Fsp3) is 0.214. The summed E-state index contributed by atoms with van der Waals surface area (Å²) >= 11 is 6.06. The summed E-state index contributed by atoms with van der Waals surface area (Å²) in [6.07, 6.45) is 3.26. The molecule has 24 heavy (non-hydrogen) atoms. The van der Waals surface area contributed by atoms with Crippen molar-refractivity contribution in [2.24, 2.45) is 0 Å². The number of carbonyl (C=O) groups excluding carboxylic acids is 1. The van der Waals surface area contributed by atoms with Gasteiger partial charge in [0.25, 0.3) is 5.92 Å². The van der Waals surface area contributed by atoms with E-state index in [0.717, 1.165) is 13.1 Å². The van der Waals surface area contributed by atoms with Crippen LogP contribution in [0.1, 0.15) is 28.8 Å². The molecule has 124 valence electrons. The lowest BCUT2D eigenvalue weighted by Crippen LogP contribution is -2.07. The number of pyridine rings is 1. The monoisotopic (exact) mass is 352 g/mol. The van der Waals surface area contributed by atoms with Crippen molar-refractivity contribution >= 4 is 17.9 Å². The molecule has 0 saturated carbocycles. The molecule has 0 fully saturated rings. The van der Waals surface area contributed by atoms with Crippen LogP contribution < -0.4 is 0 Å². The lowest BCUT2D eigenvalue weighted by molar-refractivity contribution is 0.0126. The predicted molar refractivity (Wildman–Crippen MR) is 80.4 cm³/mol. The number of nitrogens with zero attached hydrogens (tertiary/aromatic N) is 6. The van der Waals surface area contributed by atoms with Crippen molar-refractivity contribution < 1.29 is 13.6 Å². The zero-order valence-corrected chi connectivity index (χ0v) is 13.2. The van der Waals surface area contributed by atoms with Gasteiger partial charge in [0, 0.05) is 13.1 Å². The topological polar surface area (TPSA) is 78.5 Å². The third-order valence-corrected chi connectivity index (χ3v) is 3.46. The van der Waals surface area contributed by atoms with Gasteiger partial charge in [0.1, 0.15) is 5.69 Å². The number of halogens is 3. The molecule has 3 aromatic heterocycles. The first kappa shape index (κ1) is 16.2. The van der Waals surface area contributed by atoms with Crippen molar-refractivity contribution in [2.45, 2.75) is 19.4 Å². The number of aromatic nitrogens is 6. The molecule has 0 amide bonds. The van der Waals surface area contributed by atoms with Crippen LogP contribution in [0.3, 0.4) is 0 Å². The zero-order chi connectivity index (χ0) is 17.3. The van der Waals surface area contributed by atoms with Crippen LogP contribution in [-0.4, -0.2) is 36.0 Å². The molecule has 3 rings (SSSR count). The van der Waals surface area contributed by atoms with Gasteiger partial charge in [-0.1, -0.05) is 16.8 Å². The molecule has 0 N–H and O–H groups in total. The molecule has 0 aliphatic heterocycles. The van der Waals surface area contributed by atoms with E-state index in [4.69, 9.17) is 11.6 Å². The van der Waals surface area contributed by atoms with Gasteiger partial charge in [-0.05, 0) is 18.2 Å². The smallest absolute Gasteiger partial charge is 0.290 e. The molecular weight excluding hydrogens is 342 g/mol. The summed E-state index contributed by atoms with van der Waals surface area (Å²) in [6, 6.07) is 4.77. The molecule has 3 heterocycles. The number of hydrogen-bond donors (Lipinski definition) is 0. The van der Waals surface area contributed by atoms with Gasteiger partial charge in [-0.15, -0.1) is 5.10 Å². The molecule has 0 aliphatic carbocycles. The van der Waals surface area contributed by atoms with E-state index in [-0.39, 0.29) is 12.2 Å². The summed E-state index contributed by atoms with van der Waals surface area (Å²) in [4.78, 5) is 15.3. The largest absolute Gasteiger partial charge is 0.296 e. The maximum atomic E-state index is 13.2. The zero-order valence-electron chi connectivity index (χ0n) is 12.4. The Morgan fingerprint density at radius 2 is 2.21 bits per heavy atom. The summed E-state index contributed by atoms with van der Waals surface area (Å²) in [6.45, 7) is 0.811. The quantitative estimate of drug-likeness (QED) is 0.659. The van der Waals surface area contributed by atoms with Crippen molar-refractivity contribution in [3.63, 3.8) is 0 Å². The van der Waals surface area contributed by atoms with E-state index in [1.807, 2.05) is 0 Å². The van der Waals surface area contributed by atoms with Crippen LogP contribution in [0.15, 0.2) is 30.6 Å². The average Bonchev–Trinajstić information content (AvgIpc) is 3.14. The van der Waals surface area contributed by atoms with Gasteiger partial charge >= 0.3 is 0 Å².